The second kappa shape index (κ2) is 6.26. The van der Waals surface area contributed by atoms with Crippen LogP contribution in [0.25, 0.3) is 17.2 Å². The number of nitrogens with zero attached hydrogens (tertiary/aromatic N) is 3. The lowest BCUT2D eigenvalue weighted by Gasteiger charge is -2.32. The quantitative estimate of drug-likeness (QED) is 0.869. The fourth-order valence-electron chi connectivity index (χ4n) is 3.35. The predicted octanol–water partition coefficient (Wildman–Crippen LogP) is 3.07. The summed E-state index contributed by atoms with van der Waals surface area (Å²) < 4.78 is 0. The third-order valence-electron chi connectivity index (χ3n) is 4.90. The second-order valence-electron chi connectivity index (χ2n) is 6.64. The molecule has 3 nitrogen and oxygen atoms in total. The molecule has 2 heterocycles. The number of hydrogen-bond acceptors (Lipinski definition) is 3. The number of piperazine rings is 1. The van der Waals surface area contributed by atoms with Crippen LogP contribution >= 0.6 is 0 Å². The first-order valence-electron chi connectivity index (χ1n) is 8.43. The van der Waals surface area contributed by atoms with Gasteiger partial charge in [-0.05, 0) is 29.8 Å². The Balaban J connectivity index is 1.46. The van der Waals surface area contributed by atoms with Gasteiger partial charge in [0, 0.05) is 50.9 Å². The van der Waals surface area contributed by atoms with E-state index >= 15 is 0 Å². The minimum atomic E-state index is 0.972. The zero-order chi connectivity index (χ0) is 15.6. The van der Waals surface area contributed by atoms with Crippen LogP contribution in [0.2, 0.25) is 0 Å². The van der Waals surface area contributed by atoms with Crippen molar-refractivity contribution in [3.63, 3.8) is 0 Å². The van der Waals surface area contributed by atoms with E-state index in [-0.39, 0.29) is 0 Å². The Hall–Kier alpha value is -1.97. The zero-order valence-electron chi connectivity index (χ0n) is 13.7. The fraction of sp³-hybridized carbons (Fsp3) is 0.350. The van der Waals surface area contributed by atoms with Gasteiger partial charge in [-0.25, -0.2) is 0 Å². The van der Waals surface area contributed by atoms with E-state index in [0.717, 1.165) is 13.0 Å². The number of allylic oxidation sites excluding steroid dienone is 1. The standard InChI is InChI=1S/C20H23N3/c1-22-9-11-23(12-10-22)15-16-5-7-17(8-6-16)19-13-18-3-2-4-20(18)21-14-19/h2-3,5-8,13-14H,4,9-12,15H2,1H3. The molecule has 23 heavy (non-hydrogen) atoms. The van der Waals surface area contributed by atoms with Crippen LogP contribution < -0.4 is 0 Å². The molecule has 1 fully saturated rings. The highest BCUT2D eigenvalue weighted by Gasteiger charge is 2.14. The van der Waals surface area contributed by atoms with Gasteiger partial charge in [0.05, 0.1) is 5.69 Å². The number of rotatable bonds is 3. The van der Waals surface area contributed by atoms with Crippen molar-refractivity contribution < 1.29 is 0 Å². The first-order chi connectivity index (χ1) is 11.3. The molecule has 0 amide bonds. The van der Waals surface area contributed by atoms with E-state index in [4.69, 9.17) is 0 Å². The van der Waals surface area contributed by atoms with Gasteiger partial charge in [-0.3, -0.25) is 9.88 Å². The minimum Gasteiger partial charge on any atom is -0.304 e. The van der Waals surface area contributed by atoms with E-state index in [2.05, 4.69) is 64.3 Å². The summed E-state index contributed by atoms with van der Waals surface area (Å²) in [6.45, 7) is 5.73. The van der Waals surface area contributed by atoms with Gasteiger partial charge in [0.1, 0.15) is 0 Å². The van der Waals surface area contributed by atoms with Crippen LogP contribution in [0.4, 0.5) is 0 Å². The summed E-state index contributed by atoms with van der Waals surface area (Å²) in [7, 11) is 2.20. The summed E-state index contributed by atoms with van der Waals surface area (Å²) in [5.41, 5.74) is 6.32. The first-order valence-corrected chi connectivity index (χ1v) is 8.43. The smallest absolute Gasteiger partial charge is 0.0513 e. The molecule has 2 aromatic rings. The lowest BCUT2D eigenvalue weighted by atomic mass is 10.0. The number of fused-ring (bicyclic) bond motifs is 1. The normalized spacial score (nSPS) is 18.3. The highest BCUT2D eigenvalue weighted by atomic mass is 15.2. The average Bonchev–Trinajstić information content (AvgIpc) is 3.05. The average molecular weight is 305 g/mol. The maximum Gasteiger partial charge on any atom is 0.0513 e. The van der Waals surface area contributed by atoms with Gasteiger partial charge < -0.3 is 4.90 Å². The van der Waals surface area contributed by atoms with E-state index in [0.29, 0.717) is 0 Å². The molecule has 0 radical (unpaired) electrons. The summed E-state index contributed by atoms with van der Waals surface area (Å²) in [4.78, 5) is 9.52. The molecule has 1 aliphatic carbocycles. The molecule has 3 heteroatoms. The van der Waals surface area contributed by atoms with Crippen molar-refractivity contribution in [2.24, 2.45) is 0 Å². The molecular weight excluding hydrogens is 282 g/mol. The molecule has 118 valence electrons. The lowest BCUT2D eigenvalue weighted by molar-refractivity contribution is 0.148. The number of pyridine rings is 1. The van der Waals surface area contributed by atoms with E-state index < -0.39 is 0 Å². The van der Waals surface area contributed by atoms with Gasteiger partial charge in [-0.1, -0.05) is 36.4 Å². The summed E-state index contributed by atoms with van der Waals surface area (Å²) in [5.74, 6) is 0. The van der Waals surface area contributed by atoms with E-state index in [1.165, 1.54) is 54.1 Å². The molecule has 1 aromatic carbocycles. The minimum absolute atomic E-state index is 0.972. The Kier molecular flexibility index (Phi) is 3.98. The molecule has 0 unspecified atom stereocenters. The Morgan fingerprint density at radius 1 is 1.00 bits per heavy atom. The van der Waals surface area contributed by atoms with Crippen LogP contribution in [0.1, 0.15) is 16.8 Å². The molecule has 2 aliphatic rings. The summed E-state index contributed by atoms with van der Waals surface area (Å²) in [6.07, 6.45) is 7.33. The van der Waals surface area contributed by atoms with Crippen molar-refractivity contribution in [1.29, 1.82) is 0 Å². The summed E-state index contributed by atoms with van der Waals surface area (Å²) in [5, 5.41) is 0. The Morgan fingerprint density at radius 3 is 2.57 bits per heavy atom. The Bertz CT molecular complexity index is 710. The molecule has 0 N–H and O–H groups in total. The molecule has 1 aromatic heterocycles. The number of hydrogen-bond donors (Lipinski definition) is 0. The molecule has 4 rings (SSSR count). The van der Waals surface area contributed by atoms with Crippen LogP contribution in [0.3, 0.4) is 0 Å². The van der Waals surface area contributed by atoms with E-state index in [1.54, 1.807) is 0 Å². The molecule has 0 spiro atoms. The van der Waals surface area contributed by atoms with Crippen LogP contribution in [0.15, 0.2) is 42.6 Å². The van der Waals surface area contributed by atoms with Gasteiger partial charge in [-0.15, -0.1) is 0 Å². The molecule has 0 atom stereocenters. The van der Waals surface area contributed by atoms with Crippen LogP contribution in [-0.2, 0) is 13.0 Å². The third-order valence-corrected chi connectivity index (χ3v) is 4.90. The van der Waals surface area contributed by atoms with E-state index in [1.807, 2.05) is 6.20 Å². The van der Waals surface area contributed by atoms with Crippen LogP contribution in [-0.4, -0.2) is 48.0 Å². The zero-order valence-corrected chi connectivity index (χ0v) is 13.7. The van der Waals surface area contributed by atoms with Gasteiger partial charge in [0.25, 0.3) is 0 Å². The second-order valence-corrected chi connectivity index (χ2v) is 6.64. The van der Waals surface area contributed by atoms with Gasteiger partial charge >= 0.3 is 0 Å². The first kappa shape index (κ1) is 14.6. The SMILES string of the molecule is CN1CCN(Cc2ccc(-c3cnc4c(c3)C=CC4)cc2)CC1. The molecular formula is C20H23N3. The maximum atomic E-state index is 4.58. The highest BCUT2D eigenvalue weighted by Crippen LogP contribution is 2.25. The van der Waals surface area contributed by atoms with Gasteiger partial charge in [0.2, 0.25) is 0 Å². The van der Waals surface area contributed by atoms with Crippen molar-refractivity contribution >= 4 is 6.08 Å². The van der Waals surface area contributed by atoms with Crippen molar-refractivity contribution in [1.82, 2.24) is 14.8 Å². The van der Waals surface area contributed by atoms with Gasteiger partial charge in [-0.2, -0.15) is 0 Å². The highest BCUT2D eigenvalue weighted by molar-refractivity contribution is 5.69. The van der Waals surface area contributed by atoms with Crippen molar-refractivity contribution in [3.05, 3.63) is 59.4 Å². The van der Waals surface area contributed by atoms with Crippen LogP contribution in [0, 0.1) is 0 Å². The summed E-state index contributed by atoms with van der Waals surface area (Å²) >= 11 is 0. The molecule has 1 aliphatic heterocycles. The number of benzene rings is 1. The maximum absolute atomic E-state index is 4.58. The number of likely N-dealkylation sites (N-methyl/N-ethyl adjacent to an activating group) is 1. The van der Waals surface area contributed by atoms with E-state index in [9.17, 15) is 0 Å². The summed E-state index contributed by atoms with van der Waals surface area (Å²) in [6, 6.07) is 11.2. The van der Waals surface area contributed by atoms with Crippen molar-refractivity contribution in [2.45, 2.75) is 13.0 Å². The third kappa shape index (κ3) is 3.21. The monoisotopic (exact) mass is 305 g/mol. The number of aromatic nitrogens is 1. The lowest BCUT2D eigenvalue weighted by Crippen LogP contribution is -2.43. The molecule has 1 saturated heterocycles. The van der Waals surface area contributed by atoms with Gasteiger partial charge in [0.15, 0.2) is 0 Å². The Labute approximate surface area is 138 Å². The Morgan fingerprint density at radius 2 is 1.78 bits per heavy atom. The largest absolute Gasteiger partial charge is 0.304 e. The van der Waals surface area contributed by atoms with Crippen molar-refractivity contribution in [2.75, 3.05) is 33.2 Å². The molecule has 0 bridgehead atoms. The van der Waals surface area contributed by atoms with Crippen molar-refractivity contribution in [3.8, 4) is 11.1 Å². The topological polar surface area (TPSA) is 19.4 Å². The van der Waals surface area contributed by atoms with Crippen LogP contribution in [0.5, 0.6) is 0 Å². The molecule has 0 saturated carbocycles. The predicted molar refractivity (Wildman–Crippen MR) is 95.2 cm³/mol. The fourth-order valence-corrected chi connectivity index (χ4v) is 3.35.